The largest absolute Gasteiger partial charge is 0.360 e. The van der Waals surface area contributed by atoms with Gasteiger partial charge in [0, 0.05) is 17.9 Å². The third-order valence-electron chi connectivity index (χ3n) is 2.15. The molecule has 19 heavy (non-hydrogen) atoms. The summed E-state index contributed by atoms with van der Waals surface area (Å²) in [5.41, 5.74) is 1.60. The highest BCUT2D eigenvalue weighted by Gasteiger charge is 2.14. The lowest BCUT2D eigenvalue weighted by atomic mass is 10.4. The maximum atomic E-state index is 11.9. The Labute approximate surface area is 114 Å². The van der Waals surface area contributed by atoms with Crippen molar-refractivity contribution < 1.29 is 4.79 Å². The normalized spacial score (nSPS) is 10.3. The van der Waals surface area contributed by atoms with E-state index in [1.165, 1.54) is 11.3 Å². The zero-order valence-electron chi connectivity index (χ0n) is 10.9. The second kappa shape index (κ2) is 5.70. The second-order valence-corrected chi connectivity index (χ2v) is 4.85. The summed E-state index contributed by atoms with van der Waals surface area (Å²) in [6, 6.07) is 1.84. The quantitative estimate of drug-likeness (QED) is 0.883. The van der Waals surface area contributed by atoms with Gasteiger partial charge in [0.25, 0.3) is 5.91 Å². The first kappa shape index (κ1) is 13.3. The summed E-state index contributed by atoms with van der Waals surface area (Å²) < 4.78 is 0. The van der Waals surface area contributed by atoms with Gasteiger partial charge in [-0.15, -0.1) is 10.2 Å². The zero-order chi connectivity index (χ0) is 13.8. The molecule has 0 aliphatic heterocycles. The van der Waals surface area contributed by atoms with E-state index in [-0.39, 0.29) is 16.9 Å². The molecule has 7 nitrogen and oxygen atoms in total. The number of nitrogens with one attached hydrogen (secondary N) is 2. The molecule has 0 atom stereocenters. The van der Waals surface area contributed by atoms with Gasteiger partial charge in [-0.1, -0.05) is 11.3 Å². The fourth-order valence-corrected chi connectivity index (χ4v) is 2.18. The van der Waals surface area contributed by atoms with Crippen LogP contribution in [0.4, 0.5) is 11.1 Å². The van der Waals surface area contributed by atoms with Crippen molar-refractivity contribution in [1.29, 1.82) is 0 Å². The van der Waals surface area contributed by atoms with Crippen LogP contribution in [0.2, 0.25) is 0 Å². The van der Waals surface area contributed by atoms with Gasteiger partial charge in [0.15, 0.2) is 0 Å². The fraction of sp³-hybridized carbons (Fsp3) is 0.364. The van der Waals surface area contributed by atoms with E-state index >= 15 is 0 Å². The van der Waals surface area contributed by atoms with Crippen LogP contribution in [0.3, 0.4) is 0 Å². The topological polar surface area (TPSA) is 92.7 Å². The van der Waals surface area contributed by atoms with Gasteiger partial charge in [0.05, 0.1) is 0 Å². The Balaban J connectivity index is 2.11. The van der Waals surface area contributed by atoms with Crippen molar-refractivity contribution in [3.63, 3.8) is 0 Å². The van der Waals surface area contributed by atoms with Crippen LogP contribution in [0.1, 0.15) is 28.1 Å². The Kier molecular flexibility index (Phi) is 4.00. The Morgan fingerprint density at radius 1 is 1.26 bits per heavy atom. The number of carbonyl (C=O) groups excluding carboxylic acids is 1. The van der Waals surface area contributed by atoms with E-state index in [0.717, 1.165) is 17.9 Å². The summed E-state index contributed by atoms with van der Waals surface area (Å²) in [6.07, 6.45) is 0. The SMILES string of the molecule is CCNc1nnc(C(=O)Nc2nc(C)cc(C)n2)s1. The molecule has 1 amide bonds. The maximum Gasteiger partial charge on any atom is 0.289 e. The third-order valence-corrected chi connectivity index (χ3v) is 3.03. The van der Waals surface area contributed by atoms with Gasteiger partial charge >= 0.3 is 0 Å². The molecule has 8 heteroatoms. The van der Waals surface area contributed by atoms with E-state index < -0.39 is 0 Å². The number of aryl methyl sites for hydroxylation is 2. The van der Waals surface area contributed by atoms with Crippen LogP contribution in [0.25, 0.3) is 0 Å². The van der Waals surface area contributed by atoms with Crippen molar-refractivity contribution in [2.75, 3.05) is 17.2 Å². The lowest BCUT2D eigenvalue weighted by Crippen LogP contribution is -2.14. The van der Waals surface area contributed by atoms with Crippen molar-refractivity contribution in [2.45, 2.75) is 20.8 Å². The van der Waals surface area contributed by atoms with E-state index in [1.54, 1.807) is 0 Å². The van der Waals surface area contributed by atoms with Gasteiger partial charge in [0.2, 0.25) is 16.1 Å². The van der Waals surface area contributed by atoms with Crippen LogP contribution in [-0.2, 0) is 0 Å². The fourth-order valence-electron chi connectivity index (χ4n) is 1.47. The second-order valence-electron chi connectivity index (χ2n) is 3.87. The molecule has 0 unspecified atom stereocenters. The lowest BCUT2D eigenvalue weighted by Gasteiger charge is -2.03. The van der Waals surface area contributed by atoms with Gasteiger partial charge in [-0.3, -0.25) is 10.1 Å². The molecule has 0 aliphatic rings. The number of amides is 1. The molecule has 2 rings (SSSR count). The number of nitrogens with zero attached hydrogens (tertiary/aromatic N) is 4. The highest BCUT2D eigenvalue weighted by Crippen LogP contribution is 2.15. The molecule has 0 fully saturated rings. The standard InChI is InChI=1S/C11H14N6OS/c1-4-12-11-17-16-9(19-11)8(18)15-10-13-6(2)5-7(3)14-10/h5H,4H2,1-3H3,(H,12,17)(H,13,14,15,18). The van der Waals surface area contributed by atoms with Crippen molar-refractivity contribution >= 4 is 28.3 Å². The number of carbonyl (C=O) groups is 1. The van der Waals surface area contributed by atoms with Crippen LogP contribution in [0, 0.1) is 13.8 Å². The van der Waals surface area contributed by atoms with Gasteiger partial charge in [-0.25, -0.2) is 9.97 Å². The molecule has 2 heterocycles. The first-order valence-corrected chi connectivity index (χ1v) is 6.61. The van der Waals surface area contributed by atoms with E-state index in [0.29, 0.717) is 5.13 Å². The minimum atomic E-state index is -0.355. The summed E-state index contributed by atoms with van der Waals surface area (Å²) in [5, 5.41) is 14.2. The van der Waals surface area contributed by atoms with Crippen molar-refractivity contribution in [3.05, 3.63) is 22.5 Å². The molecule has 0 radical (unpaired) electrons. The summed E-state index contributed by atoms with van der Waals surface area (Å²) in [7, 11) is 0. The molecule has 0 bridgehead atoms. The Morgan fingerprint density at radius 2 is 1.95 bits per heavy atom. The molecule has 0 saturated carbocycles. The maximum absolute atomic E-state index is 11.9. The Morgan fingerprint density at radius 3 is 2.58 bits per heavy atom. The van der Waals surface area contributed by atoms with Crippen LogP contribution in [0.15, 0.2) is 6.07 Å². The molecule has 0 aromatic carbocycles. The van der Waals surface area contributed by atoms with Gasteiger partial charge in [-0.05, 0) is 26.8 Å². The summed E-state index contributed by atoms with van der Waals surface area (Å²) in [4.78, 5) is 20.2. The minimum absolute atomic E-state index is 0.277. The smallest absolute Gasteiger partial charge is 0.289 e. The van der Waals surface area contributed by atoms with Gasteiger partial charge in [0.1, 0.15) is 0 Å². The predicted octanol–water partition coefficient (Wildman–Crippen LogP) is 1.63. The molecule has 2 aromatic heterocycles. The Bertz CT molecular complexity index is 576. The van der Waals surface area contributed by atoms with Crippen LogP contribution >= 0.6 is 11.3 Å². The summed E-state index contributed by atoms with van der Waals surface area (Å²) in [6.45, 7) is 6.37. The van der Waals surface area contributed by atoms with Crippen LogP contribution in [-0.4, -0.2) is 32.6 Å². The molecule has 0 aliphatic carbocycles. The predicted molar refractivity (Wildman–Crippen MR) is 73.5 cm³/mol. The van der Waals surface area contributed by atoms with Gasteiger partial charge in [-0.2, -0.15) is 0 Å². The van der Waals surface area contributed by atoms with E-state index in [4.69, 9.17) is 0 Å². The number of hydrogen-bond acceptors (Lipinski definition) is 7. The van der Waals surface area contributed by atoms with Crippen LogP contribution in [0.5, 0.6) is 0 Å². The lowest BCUT2D eigenvalue weighted by molar-refractivity contribution is 0.102. The highest BCUT2D eigenvalue weighted by molar-refractivity contribution is 7.17. The van der Waals surface area contributed by atoms with E-state index in [9.17, 15) is 4.79 Å². The minimum Gasteiger partial charge on any atom is -0.360 e. The molecule has 2 aromatic rings. The molecular weight excluding hydrogens is 264 g/mol. The number of hydrogen-bond donors (Lipinski definition) is 2. The first-order valence-electron chi connectivity index (χ1n) is 5.79. The molecule has 100 valence electrons. The highest BCUT2D eigenvalue weighted by atomic mass is 32.1. The summed E-state index contributed by atoms with van der Waals surface area (Å²) in [5.74, 6) is -0.0747. The average molecular weight is 278 g/mol. The number of anilines is 2. The monoisotopic (exact) mass is 278 g/mol. The van der Waals surface area contributed by atoms with Crippen LogP contribution < -0.4 is 10.6 Å². The molecule has 2 N–H and O–H groups in total. The zero-order valence-corrected chi connectivity index (χ0v) is 11.7. The summed E-state index contributed by atoms with van der Waals surface area (Å²) >= 11 is 1.19. The van der Waals surface area contributed by atoms with Gasteiger partial charge < -0.3 is 5.32 Å². The van der Waals surface area contributed by atoms with Crippen molar-refractivity contribution in [3.8, 4) is 0 Å². The van der Waals surface area contributed by atoms with E-state index in [1.807, 2.05) is 26.8 Å². The van der Waals surface area contributed by atoms with Crippen molar-refractivity contribution in [2.24, 2.45) is 0 Å². The molecule has 0 spiro atoms. The first-order chi connectivity index (χ1) is 9.08. The molecule has 0 saturated heterocycles. The Hall–Kier alpha value is -2.09. The number of rotatable bonds is 4. The van der Waals surface area contributed by atoms with E-state index in [2.05, 4.69) is 30.8 Å². The molecular formula is C11H14N6OS. The van der Waals surface area contributed by atoms with Crippen molar-refractivity contribution in [1.82, 2.24) is 20.2 Å². The number of aromatic nitrogens is 4. The third kappa shape index (κ3) is 3.44. The average Bonchev–Trinajstić information content (AvgIpc) is 2.76.